The largest absolute Gasteiger partial charge is 0.350 e. The van der Waals surface area contributed by atoms with Crippen LogP contribution in [0.3, 0.4) is 0 Å². The predicted molar refractivity (Wildman–Crippen MR) is 49.6 cm³/mol. The molecule has 64 valence electrons. The number of halogens is 1. The fraction of sp³-hybridized carbons (Fsp3) is 0.571. The summed E-state index contributed by atoms with van der Waals surface area (Å²) in [6.45, 7) is 7.21. The Hall–Kier alpha value is -0.350. The molecule has 3 nitrogen and oxygen atoms in total. The van der Waals surface area contributed by atoms with Crippen LogP contribution >= 0.6 is 15.9 Å². The maximum atomic E-state index is 10.9. The zero-order valence-electron chi connectivity index (χ0n) is 6.61. The molecule has 0 heterocycles. The van der Waals surface area contributed by atoms with Crippen LogP contribution in [0.5, 0.6) is 0 Å². The first-order valence-electron chi connectivity index (χ1n) is 3.47. The molecule has 0 saturated carbocycles. The number of hydrogen-bond donors (Lipinski definition) is 2. The van der Waals surface area contributed by atoms with E-state index in [0.29, 0.717) is 13.1 Å². The van der Waals surface area contributed by atoms with Crippen LogP contribution in [0.15, 0.2) is 11.1 Å². The molecule has 0 radical (unpaired) electrons. The molecule has 0 saturated heterocycles. The Bertz CT molecular complexity index is 147. The highest BCUT2D eigenvalue weighted by Gasteiger charge is 1.97. The molecule has 0 unspecified atom stereocenters. The van der Waals surface area contributed by atoms with Crippen LogP contribution in [0.1, 0.15) is 6.92 Å². The van der Waals surface area contributed by atoms with Gasteiger partial charge in [0.15, 0.2) is 0 Å². The zero-order valence-corrected chi connectivity index (χ0v) is 8.20. The number of nitrogens with one attached hydrogen (secondary N) is 2. The van der Waals surface area contributed by atoms with Gasteiger partial charge in [0.2, 0.25) is 5.91 Å². The molecular weight excluding hydrogens is 208 g/mol. The van der Waals surface area contributed by atoms with Crippen LogP contribution in [-0.4, -0.2) is 25.5 Å². The third kappa shape index (κ3) is 7.55. The molecule has 1 amide bonds. The number of hydrogen-bond acceptors (Lipinski definition) is 2. The third-order valence-electron chi connectivity index (χ3n) is 1.01. The minimum Gasteiger partial charge on any atom is -0.350 e. The van der Waals surface area contributed by atoms with Gasteiger partial charge in [-0.05, 0) is 6.54 Å². The van der Waals surface area contributed by atoms with Crippen molar-refractivity contribution in [2.24, 2.45) is 0 Å². The van der Waals surface area contributed by atoms with Crippen LogP contribution in [0.25, 0.3) is 0 Å². The second kappa shape index (κ2) is 6.37. The van der Waals surface area contributed by atoms with Gasteiger partial charge >= 0.3 is 0 Å². The molecule has 0 atom stereocenters. The summed E-state index contributed by atoms with van der Waals surface area (Å²) in [6.07, 6.45) is 0. The molecule has 0 fully saturated rings. The topological polar surface area (TPSA) is 41.1 Å². The van der Waals surface area contributed by atoms with Crippen molar-refractivity contribution in [3.8, 4) is 0 Å². The minimum atomic E-state index is -0.00699. The molecule has 0 aliphatic heterocycles. The highest BCUT2D eigenvalue weighted by Crippen LogP contribution is 1.95. The number of amides is 1. The van der Waals surface area contributed by atoms with Crippen molar-refractivity contribution in [3.05, 3.63) is 11.1 Å². The molecule has 0 aromatic carbocycles. The highest BCUT2D eigenvalue weighted by molar-refractivity contribution is 9.11. The quantitative estimate of drug-likeness (QED) is 0.714. The van der Waals surface area contributed by atoms with Gasteiger partial charge in [0.25, 0.3) is 0 Å². The van der Waals surface area contributed by atoms with Gasteiger partial charge in [0, 0.05) is 11.0 Å². The van der Waals surface area contributed by atoms with Crippen LogP contribution in [-0.2, 0) is 4.79 Å². The molecule has 0 aliphatic rings. The molecule has 0 spiro atoms. The fourth-order valence-corrected chi connectivity index (χ4v) is 0.636. The summed E-state index contributed by atoms with van der Waals surface area (Å²) in [7, 11) is 0. The fourth-order valence-electron chi connectivity index (χ4n) is 0.496. The average Bonchev–Trinajstić information content (AvgIpc) is 1.97. The van der Waals surface area contributed by atoms with E-state index >= 15 is 0 Å². The first kappa shape index (κ1) is 10.7. The van der Waals surface area contributed by atoms with E-state index in [-0.39, 0.29) is 5.91 Å². The van der Waals surface area contributed by atoms with E-state index < -0.39 is 0 Å². The molecule has 4 heteroatoms. The van der Waals surface area contributed by atoms with Gasteiger partial charge in [-0.1, -0.05) is 29.4 Å². The Kier molecular flexibility index (Phi) is 6.16. The van der Waals surface area contributed by atoms with Crippen LogP contribution < -0.4 is 10.6 Å². The first-order chi connectivity index (χ1) is 5.16. The van der Waals surface area contributed by atoms with E-state index in [0.717, 1.165) is 11.0 Å². The number of carbonyl (C=O) groups is 1. The second-order valence-corrected chi connectivity index (χ2v) is 3.20. The van der Waals surface area contributed by atoms with Crippen molar-refractivity contribution >= 4 is 21.8 Å². The van der Waals surface area contributed by atoms with Crippen molar-refractivity contribution in [3.63, 3.8) is 0 Å². The van der Waals surface area contributed by atoms with Gasteiger partial charge in [0.1, 0.15) is 0 Å². The Morgan fingerprint density at radius 2 is 2.18 bits per heavy atom. The van der Waals surface area contributed by atoms with Gasteiger partial charge in [-0.2, -0.15) is 0 Å². The lowest BCUT2D eigenvalue weighted by molar-refractivity contribution is -0.120. The molecular formula is C7H13BrN2O. The van der Waals surface area contributed by atoms with Gasteiger partial charge in [-0.15, -0.1) is 0 Å². The van der Waals surface area contributed by atoms with Gasteiger partial charge in [-0.3, -0.25) is 4.79 Å². The standard InChI is InChI=1S/C7H13BrN2O/c1-3-9-5-7(11)10-4-6(2)8/h9H,2-5H2,1H3,(H,10,11). The van der Waals surface area contributed by atoms with Crippen molar-refractivity contribution < 1.29 is 4.79 Å². The maximum absolute atomic E-state index is 10.9. The summed E-state index contributed by atoms with van der Waals surface area (Å²) < 4.78 is 0.780. The summed E-state index contributed by atoms with van der Waals surface area (Å²) in [4.78, 5) is 10.9. The summed E-state index contributed by atoms with van der Waals surface area (Å²) in [5.74, 6) is -0.00699. The van der Waals surface area contributed by atoms with Crippen molar-refractivity contribution in [1.82, 2.24) is 10.6 Å². The molecule has 2 N–H and O–H groups in total. The van der Waals surface area contributed by atoms with E-state index in [1.165, 1.54) is 0 Å². The average molecular weight is 221 g/mol. The molecule has 11 heavy (non-hydrogen) atoms. The second-order valence-electron chi connectivity index (χ2n) is 2.07. The molecule has 0 aliphatic carbocycles. The Morgan fingerprint density at radius 3 is 2.64 bits per heavy atom. The minimum absolute atomic E-state index is 0.00699. The molecule has 0 bridgehead atoms. The maximum Gasteiger partial charge on any atom is 0.234 e. The zero-order chi connectivity index (χ0) is 8.69. The van der Waals surface area contributed by atoms with E-state index in [4.69, 9.17) is 0 Å². The Morgan fingerprint density at radius 1 is 1.55 bits per heavy atom. The van der Waals surface area contributed by atoms with E-state index in [2.05, 4.69) is 33.1 Å². The van der Waals surface area contributed by atoms with Gasteiger partial charge in [-0.25, -0.2) is 0 Å². The summed E-state index contributed by atoms with van der Waals surface area (Å²) in [5.41, 5.74) is 0. The van der Waals surface area contributed by atoms with Gasteiger partial charge < -0.3 is 10.6 Å². The lowest BCUT2D eigenvalue weighted by atomic mass is 10.5. The van der Waals surface area contributed by atoms with E-state index in [1.807, 2.05) is 6.92 Å². The Balaban J connectivity index is 3.30. The lowest BCUT2D eigenvalue weighted by Gasteiger charge is -2.03. The third-order valence-corrected chi connectivity index (χ3v) is 1.29. The number of carbonyl (C=O) groups excluding carboxylic acids is 1. The lowest BCUT2D eigenvalue weighted by Crippen LogP contribution is -2.34. The number of rotatable bonds is 5. The van der Waals surface area contributed by atoms with Crippen LogP contribution in [0, 0.1) is 0 Å². The summed E-state index contributed by atoms with van der Waals surface area (Å²) in [5, 5.41) is 5.58. The normalized spacial score (nSPS) is 9.27. The van der Waals surface area contributed by atoms with Crippen molar-refractivity contribution in [2.75, 3.05) is 19.6 Å². The SMILES string of the molecule is C=C(Br)CNC(=O)CNCC. The predicted octanol–water partition coefficient (Wildman–Crippen LogP) is 0.621. The van der Waals surface area contributed by atoms with E-state index in [9.17, 15) is 4.79 Å². The Labute approximate surface area is 75.4 Å². The number of likely N-dealkylation sites (N-methyl/N-ethyl adjacent to an activating group) is 1. The highest BCUT2D eigenvalue weighted by atomic mass is 79.9. The van der Waals surface area contributed by atoms with Crippen molar-refractivity contribution in [1.29, 1.82) is 0 Å². The smallest absolute Gasteiger partial charge is 0.234 e. The monoisotopic (exact) mass is 220 g/mol. The molecule has 0 aromatic heterocycles. The van der Waals surface area contributed by atoms with Crippen LogP contribution in [0.4, 0.5) is 0 Å². The van der Waals surface area contributed by atoms with Gasteiger partial charge in [0.05, 0.1) is 6.54 Å². The summed E-state index contributed by atoms with van der Waals surface area (Å²) >= 11 is 3.14. The summed E-state index contributed by atoms with van der Waals surface area (Å²) in [6, 6.07) is 0. The first-order valence-corrected chi connectivity index (χ1v) is 4.26. The van der Waals surface area contributed by atoms with Crippen LogP contribution in [0.2, 0.25) is 0 Å². The van der Waals surface area contributed by atoms with E-state index in [1.54, 1.807) is 0 Å². The van der Waals surface area contributed by atoms with Crippen molar-refractivity contribution in [2.45, 2.75) is 6.92 Å². The molecule has 0 rings (SSSR count). The molecule has 0 aromatic rings.